The van der Waals surface area contributed by atoms with Crippen molar-refractivity contribution in [2.75, 3.05) is 0 Å². The average Bonchev–Trinajstić information content (AvgIpc) is 2.58. The number of rotatable bonds is 2. The van der Waals surface area contributed by atoms with Crippen molar-refractivity contribution < 1.29 is 4.79 Å². The summed E-state index contributed by atoms with van der Waals surface area (Å²) in [4.78, 5) is 11.6. The number of halogens is 1. The van der Waals surface area contributed by atoms with E-state index in [1.54, 1.807) is 6.92 Å². The fourth-order valence-corrected chi connectivity index (χ4v) is 2.53. The minimum atomic E-state index is 0.108. The van der Waals surface area contributed by atoms with Crippen LogP contribution in [0, 0.1) is 0 Å². The highest BCUT2D eigenvalue weighted by Gasteiger charge is 2.15. The zero-order valence-electron chi connectivity index (χ0n) is 9.62. The molecule has 0 fully saturated rings. The molecule has 0 aliphatic rings. The first-order valence-electron chi connectivity index (χ1n) is 5.32. The monoisotopic (exact) mass is 279 g/mol. The molecule has 1 aromatic carbocycles. The minimum Gasteiger partial charge on any atom is -0.344 e. The molecule has 0 unspecified atom stereocenters. The van der Waals surface area contributed by atoms with Gasteiger partial charge in [0.25, 0.3) is 0 Å². The van der Waals surface area contributed by atoms with E-state index in [-0.39, 0.29) is 5.78 Å². The molecular weight excluding hydrogens is 266 g/mol. The Hall–Kier alpha value is -1.09. The summed E-state index contributed by atoms with van der Waals surface area (Å²) in [5.74, 6) is 0.108. The summed E-state index contributed by atoms with van der Waals surface area (Å²) in [5.41, 5.74) is 1.89. The number of aromatic nitrogens is 1. The summed E-state index contributed by atoms with van der Waals surface area (Å²) in [6.07, 6.45) is 1.95. The third-order valence-corrected chi connectivity index (χ3v) is 3.40. The molecule has 16 heavy (non-hydrogen) atoms. The lowest BCUT2D eigenvalue weighted by atomic mass is 10.1. The topological polar surface area (TPSA) is 22.0 Å². The van der Waals surface area contributed by atoms with Crippen LogP contribution in [-0.4, -0.2) is 10.4 Å². The lowest BCUT2D eigenvalue weighted by Crippen LogP contribution is -1.98. The molecule has 0 amide bonds. The molecule has 2 rings (SSSR count). The van der Waals surface area contributed by atoms with Crippen LogP contribution >= 0.6 is 15.9 Å². The Kier molecular flexibility index (Phi) is 2.89. The van der Waals surface area contributed by atoms with Crippen LogP contribution in [0.5, 0.6) is 0 Å². The average molecular weight is 280 g/mol. The van der Waals surface area contributed by atoms with Crippen molar-refractivity contribution in [3.8, 4) is 0 Å². The van der Waals surface area contributed by atoms with E-state index in [1.807, 2.05) is 24.4 Å². The van der Waals surface area contributed by atoms with Gasteiger partial charge in [0.1, 0.15) is 0 Å². The van der Waals surface area contributed by atoms with Crippen molar-refractivity contribution in [2.45, 2.75) is 26.8 Å². The van der Waals surface area contributed by atoms with E-state index in [2.05, 4.69) is 34.3 Å². The Morgan fingerprint density at radius 1 is 1.38 bits per heavy atom. The van der Waals surface area contributed by atoms with Gasteiger partial charge in [-0.3, -0.25) is 4.79 Å². The summed E-state index contributed by atoms with van der Waals surface area (Å²) < 4.78 is 3.12. The van der Waals surface area contributed by atoms with Crippen molar-refractivity contribution in [3.63, 3.8) is 0 Å². The highest BCUT2D eigenvalue weighted by molar-refractivity contribution is 9.10. The second-order valence-electron chi connectivity index (χ2n) is 4.23. The van der Waals surface area contributed by atoms with E-state index in [0.717, 1.165) is 20.9 Å². The van der Waals surface area contributed by atoms with E-state index < -0.39 is 0 Å². The highest BCUT2D eigenvalue weighted by atomic mass is 79.9. The first-order valence-corrected chi connectivity index (χ1v) is 6.11. The number of carbonyl (C=O) groups is 1. The van der Waals surface area contributed by atoms with Gasteiger partial charge < -0.3 is 4.57 Å². The van der Waals surface area contributed by atoms with Crippen LogP contribution in [-0.2, 0) is 0 Å². The molecule has 0 aliphatic carbocycles. The van der Waals surface area contributed by atoms with Gasteiger partial charge in [-0.15, -0.1) is 0 Å². The van der Waals surface area contributed by atoms with Crippen molar-refractivity contribution >= 4 is 32.6 Å². The molecule has 84 valence electrons. The molecule has 1 aromatic heterocycles. The maximum absolute atomic E-state index is 11.6. The van der Waals surface area contributed by atoms with Gasteiger partial charge in [0.05, 0.1) is 5.52 Å². The molecule has 0 saturated carbocycles. The zero-order valence-corrected chi connectivity index (χ0v) is 11.2. The van der Waals surface area contributed by atoms with Gasteiger partial charge in [-0.1, -0.05) is 22.0 Å². The van der Waals surface area contributed by atoms with Crippen molar-refractivity contribution in [3.05, 3.63) is 34.4 Å². The normalized spacial score (nSPS) is 11.3. The lowest BCUT2D eigenvalue weighted by Gasteiger charge is -2.08. The van der Waals surface area contributed by atoms with E-state index in [4.69, 9.17) is 0 Å². The number of hydrogen-bond acceptors (Lipinski definition) is 1. The predicted molar refractivity (Wildman–Crippen MR) is 70.0 cm³/mol. The van der Waals surface area contributed by atoms with Gasteiger partial charge >= 0.3 is 0 Å². The number of nitrogens with zero attached hydrogens (tertiary/aromatic N) is 1. The molecule has 2 nitrogen and oxygen atoms in total. The van der Waals surface area contributed by atoms with E-state index in [1.165, 1.54) is 0 Å². The van der Waals surface area contributed by atoms with Crippen LogP contribution in [0.2, 0.25) is 0 Å². The van der Waals surface area contributed by atoms with Gasteiger partial charge in [-0.05, 0) is 32.9 Å². The molecule has 2 aromatic rings. The molecule has 3 heteroatoms. The molecule has 0 saturated heterocycles. The minimum absolute atomic E-state index is 0.108. The fourth-order valence-electron chi connectivity index (χ4n) is 1.96. The Morgan fingerprint density at radius 2 is 2.06 bits per heavy atom. The standard InChI is InChI=1S/C13H14BrNO/c1-8(2)15-7-10(9(3)16)13-11(14)5-4-6-12(13)15/h4-8H,1-3H3. The van der Waals surface area contributed by atoms with Gasteiger partial charge in [0.2, 0.25) is 0 Å². The number of Topliss-reactive ketones (excluding diaryl/α,β-unsaturated/α-hetero) is 1. The Labute approximate surface area is 103 Å². The second-order valence-corrected chi connectivity index (χ2v) is 5.09. The molecule has 1 heterocycles. The lowest BCUT2D eigenvalue weighted by molar-refractivity contribution is 0.101. The predicted octanol–water partition coefficient (Wildman–Crippen LogP) is 4.19. The van der Waals surface area contributed by atoms with Crippen molar-refractivity contribution in [1.82, 2.24) is 4.57 Å². The van der Waals surface area contributed by atoms with Crippen molar-refractivity contribution in [1.29, 1.82) is 0 Å². The molecule has 0 N–H and O–H groups in total. The molecule has 0 spiro atoms. The smallest absolute Gasteiger partial charge is 0.161 e. The number of ketones is 1. The summed E-state index contributed by atoms with van der Waals surface area (Å²) in [7, 11) is 0. The Bertz CT molecular complexity index is 554. The summed E-state index contributed by atoms with van der Waals surface area (Å²) in [6.45, 7) is 5.84. The summed E-state index contributed by atoms with van der Waals surface area (Å²) >= 11 is 3.51. The molecule has 0 atom stereocenters. The van der Waals surface area contributed by atoms with Gasteiger partial charge in [0.15, 0.2) is 5.78 Å². The maximum atomic E-state index is 11.6. The fraction of sp³-hybridized carbons (Fsp3) is 0.308. The molecule has 0 radical (unpaired) electrons. The third kappa shape index (κ3) is 1.69. The number of hydrogen-bond donors (Lipinski definition) is 0. The van der Waals surface area contributed by atoms with Gasteiger partial charge in [-0.2, -0.15) is 0 Å². The molecule has 0 bridgehead atoms. The largest absolute Gasteiger partial charge is 0.344 e. The summed E-state index contributed by atoms with van der Waals surface area (Å²) in [6, 6.07) is 6.37. The van der Waals surface area contributed by atoms with Gasteiger partial charge in [0, 0.05) is 27.7 Å². The van der Waals surface area contributed by atoms with E-state index in [0.29, 0.717) is 6.04 Å². The maximum Gasteiger partial charge on any atom is 0.161 e. The summed E-state index contributed by atoms with van der Waals surface area (Å²) in [5, 5.41) is 1.02. The number of fused-ring (bicyclic) bond motifs is 1. The van der Waals surface area contributed by atoms with Crippen LogP contribution < -0.4 is 0 Å². The first-order chi connectivity index (χ1) is 7.52. The number of benzene rings is 1. The zero-order chi connectivity index (χ0) is 11.9. The quantitative estimate of drug-likeness (QED) is 0.756. The Morgan fingerprint density at radius 3 is 2.62 bits per heavy atom. The Balaban J connectivity index is 2.87. The highest BCUT2D eigenvalue weighted by Crippen LogP contribution is 2.31. The number of carbonyl (C=O) groups excluding carboxylic acids is 1. The first kappa shape index (κ1) is 11.4. The van der Waals surface area contributed by atoms with Gasteiger partial charge in [-0.25, -0.2) is 0 Å². The third-order valence-electron chi connectivity index (χ3n) is 2.74. The van der Waals surface area contributed by atoms with Crippen LogP contribution in [0.3, 0.4) is 0 Å². The second kappa shape index (κ2) is 4.06. The van der Waals surface area contributed by atoms with E-state index >= 15 is 0 Å². The van der Waals surface area contributed by atoms with E-state index in [9.17, 15) is 4.79 Å². The van der Waals surface area contributed by atoms with Crippen LogP contribution in [0.1, 0.15) is 37.2 Å². The van der Waals surface area contributed by atoms with Crippen LogP contribution in [0.4, 0.5) is 0 Å². The molecular formula is C13H14BrNO. The SMILES string of the molecule is CC(=O)c1cn(C(C)C)c2cccc(Br)c12. The van der Waals surface area contributed by atoms with Crippen LogP contribution in [0.25, 0.3) is 10.9 Å². The molecule has 0 aliphatic heterocycles. The van der Waals surface area contributed by atoms with Crippen molar-refractivity contribution in [2.24, 2.45) is 0 Å². The van der Waals surface area contributed by atoms with Crippen LogP contribution in [0.15, 0.2) is 28.9 Å².